The fourth-order valence-electron chi connectivity index (χ4n) is 5.69. The van der Waals surface area contributed by atoms with Crippen molar-refractivity contribution in [1.82, 2.24) is 15.6 Å². The Hall–Kier alpha value is -1.92. The molecule has 1 spiro atoms. The van der Waals surface area contributed by atoms with Crippen LogP contribution in [-0.4, -0.2) is 40.5 Å². The van der Waals surface area contributed by atoms with E-state index in [1.165, 1.54) is 11.3 Å². The van der Waals surface area contributed by atoms with E-state index < -0.39 is 5.54 Å². The third-order valence-corrected chi connectivity index (χ3v) is 8.09. The molecule has 2 N–H and O–H groups in total. The monoisotopic (exact) mass is 374 g/mol. The highest BCUT2D eigenvalue weighted by atomic mass is 16.2. The smallest absolute Gasteiger partial charge is 0.323 e. The van der Waals surface area contributed by atoms with E-state index in [2.05, 4.69) is 36.6 Å². The van der Waals surface area contributed by atoms with Crippen molar-refractivity contribution >= 4 is 23.6 Å². The molecule has 0 unspecified atom stereocenters. The Bertz CT molecular complexity index is 723. The molecule has 4 aliphatic rings. The number of hydrogen-bond acceptors (Lipinski definition) is 4. The fourth-order valence-corrected chi connectivity index (χ4v) is 5.69. The van der Waals surface area contributed by atoms with Crippen LogP contribution in [0.4, 0.5) is 4.79 Å². The molecule has 4 amide bonds. The molecule has 2 atom stereocenters. The molecule has 3 aliphatic carbocycles. The zero-order valence-corrected chi connectivity index (χ0v) is 16.6. The standard InChI is InChI=1S/C20H30N4O3/c1-18(2)13-6-10-19(18,3)14(12-13)22-23-15(25)7-11-24-16(26)20(21-17(24)27)8-4-5-9-20/h13H,4-12H2,1-3H3,(H,21,27)(H,23,25)/b22-14+/t13-,19-/m0/s1. The maximum Gasteiger partial charge on any atom is 0.325 e. The van der Waals surface area contributed by atoms with E-state index in [1.54, 1.807) is 0 Å². The summed E-state index contributed by atoms with van der Waals surface area (Å²) in [5, 5.41) is 7.28. The van der Waals surface area contributed by atoms with Gasteiger partial charge in [-0.2, -0.15) is 5.10 Å². The molecule has 27 heavy (non-hydrogen) atoms. The Morgan fingerprint density at radius 1 is 1.22 bits per heavy atom. The number of carbonyl (C=O) groups is 3. The minimum Gasteiger partial charge on any atom is -0.323 e. The number of hydrazone groups is 1. The van der Waals surface area contributed by atoms with Gasteiger partial charge in [0, 0.05) is 24.1 Å². The molecule has 1 aliphatic heterocycles. The van der Waals surface area contributed by atoms with Gasteiger partial charge in [0.1, 0.15) is 5.54 Å². The van der Waals surface area contributed by atoms with E-state index in [4.69, 9.17) is 0 Å². The molecule has 0 radical (unpaired) electrons. The highest BCUT2D eigenvalue weighted by molar-refractivity contribution is 6.07. The number of imide groups is 1. The third kappa shape index (κ3) is 2.61. The fraction of sp³-hybridized carbons (Fsp3) is 0.800. The molecule has 0 aromatic carbocycles. The van der Waals surface area contributed by atoms with Gasteiger partial charge in [-0.25, -0.2) is 10.2 Å². The van der Waals surface area contributed by atoms with E-state index in [0.29, 0.717) is 18.8 Å². The Kier molecular flexibility index (Phi) is 4.13. The van der Waals surface area contributed by atoms with Crippen molar-refractivity contribution in [3.05, 3.63) is 0 Å². The Morgan fingerprint density at radius 3 is 2.52 bits per heavy atom. The number of rotatable bonds is 4. The first kappa shape index (κ1) is 18.4. The predicted octanol–water partition coefficient (Wildman–Crippen LogP) is 2.56. The summed E-state index contributed by atoms with van der Waals surface area (Å²) >= 11 is 0. The van der Waals surface area contributed by atoms with Crippen molar-refractivity contribution in [2.75, 3.05) is 6.54 Å². The van der Waals surface area contributed by atoms with Gasteiger partial charge in [-0.3, -0.25) is 14.5 Å². The van der Waals surface area contributed by atoms with Crippen LogP contribution in [-0.2, 0) is 9.59 Å². The van der Waals surface area contributed by atoms with Crippen LogP contribution in [0, 0.1) is 16.7 Å². The van der Waals surface area contributed by atoms with Crippen LogP contribution in [0.5, 0.6) is 0 Å². The summed E-state index contributed by atoms with van der Waals surface area (Å²) in [4.78, 5) is 38.2. The number of fused-ring (bicyclic) bond motifs is 2. The third-order valence-electron chi connectivity index (χ3n) is 8.09. The van der Waals surface area contributed by atoms with E-state index >= 15 is 0 Å². The van der Waals surface area contributed by atoms with Gasteiger partial charge in [-0.1, -0.05) is 33.6 Å². The molecule has 7 nitrogen and oxygen atoms in total. The topological polar surface area (TPSA) is 90.9 Å². The van der Waals surface area contributed by atoms with Crippen molar-refractivity contribution in [3.63, 3.8) is 0 Å². The zero-order valence-electron chi connectivity index (χ0n) is 16.6. The maximum atomic E-state index is 12.6. The van der Waals surface area contributed by atoms with Gasteiger partial charge in [0.2, 0.25) is 5.91 Å². The first-order chi connectivity index (χ1) is 12.7. The summed E-state index contributed by atoms with van der Waals surface area (Å²) in [5.41, 5.74) is 3.30. The van der Waals surface area contributed by atoms with Crippen molar-refractivity contribution < 1.29 is 14.4 Å². The summed E-state index contributed by atoms with van der Waals surface area (Å²) < 4.78 is 0. The van der Waals surface area contributed by atoms with E-state index in [0.717, 1.165) is 31.4 Å². The number of nitrogens with zero attached hydrogens (tertiary/aromatic N) is 2. The first-order valence-electron chi connectivity index (χ1n) is 10.2. The van der Waals surface area contributed by atoms with Crippen LogP contribution in [0.15, 0.2) is 5.10 Å². The van der Waals surface area contributed by atoms with Crippen LogP contribution in [0.2, 0.25) is 0 Å². The largest absolute Gasteiger partial charge is 0.325 e. The second-order valence-electron chi connectivity index (χ2n) is 9.51. The van der Waals surface area contributed by atoms with E-state index in [-0.39, 0.29) is 41.6 Å². The molecule has 2 bridgehead atoms. The minimum absolute atomic E-state index is 0.0462. The number of nitrogens with one attached hydrogen (secondary N) is 2. The van der Waals surface area contributed by atoms with Crippen molar-refractivity contribution in [2.45, 2.75) is 77.7 Å². The summed E-state index contributed by atoms with van der Waals surface area (Å²) in [6, 6.07) is -0.372. The molecule has 1 heterocycles. The maximum absolute atomic E-state index is 12.6. The van der Waals surface area contributed by atoms with Gasteiger partial charge >= 0.3 is 6.03 Å². The van der Waals surface area contributed by atoms with Gasteiger partial charge in [-0.15, -0.1) is 0 Å². The van der Waals surface area contributed by atoms with Gasteiger partial charge in [0.05, 0.1) is 0 Å². The van der Waals surface area contributed by atoms with E-state index in [9.17, 15) is 14.4 Å². The van der Waals surface area contributed by atoms with Gasteiger partial charge < -0.3 is 5.32 Å². The molecule has 1 saturated heterocycles. The SMILES string of the molecule is CC1(C)[C@H]2CC[C@@]1(C)/C(=N/NC(=O)CCN1C(=O)NC3(CCCC3)C1=O)C2. The average Bonchev–Trinajstić information content (AvgIpc) is 3.28. The zero-order chi connectivity index (χ0) is 19.4. The normalized spacial score (nSPS) is 34.7. The summed E-state index contributed by atoms with van der Waals surface area (Å²) in [6.45, 7) is 6.95. The molecule has 4 fully saturated rings. The molecular formula is C20H30N4O3. The minimum atomic E-state index is -0.711. The van der Waals surface area contributed by atoms with Crippen molar-refractivity contribution in [3.8, 4) is 0 Å². The first-order valence-corrected chi connectivity index (χ1v) is 10.2. The summed E-state index contributed by atoms with van der Waals surface area (Å²) in [6.07, 6.45) is 6.66. The second kappa shape index (κ2) is 6.04. The van der Waals surface area contributed by atoms with E-state index in [1.807, 2.05) is 0 Å². The van der Waals surface area contributed by atoms with Gasteiger partial charge in [0.15, 0.2) is 0 Å². The molecule has 148 valence electrons. The van der Waals surface area contributed by atoms with Gasteiger partial charge in [-0.05, 0) is 43.4 Å². The Morgan fingerprint density at radius 2 is 1.93 bits per heavy atom. The number of amides is 4. The summed E-state index contributed by atoms with van der Waals surface area (Å²) in [5.74, 6) is 0.206. The number of urea groups is 1. The van der Waals surface area contributed by atoms with Gasteiger partial charge in [0.25, 0.3) is 5.91 Å². The summed E-state index contributed by atoms with van der Waals surface area (Å²) in [7, 11) is 0. The lowest BCUT2D eigenvalue weighted by atomic mass is 9.70. The quantitative estimate of drug-likeness (QED) is 0.585. The number of hydrogen-bond donors (Lipinski definition) is 2. The van der Waals surface area contributed by atoms with Crippen LogP contribution in [0.1, 0.15) is 72.1 Å². The van der Waals surface area contributed by atoms with Crippen LogP contribution < -0.4 is 10.7 Å². The van der Waals surface area contributed by atoms with Crippen LogP contribution in [0.25, 0.3) is 0 Å². The van der Waals surface area contributed by atoms with Crippen molar-refractivity contribution in [2.24, 2.45) is 21.8 Å². The highest BCUT2D eigenvalue weighted by Crippen LogP contribution is 2.63. The molecule has 4 rings (SSSR count). The molecule has 3 saturated carbocycles. The van der Waals surface area contributed by atoms with Crippen LogP contribution in [0.3, 0.4) is 0 Å². The molecule has 0 aromatic heterocycles. The number of carbonyl (C=O) groups excluding carboxylic acids is 3. The molecule has 7 heteroatoms. The Labute approximate surface area is 160 Å². The lowest BCUT2D eigenvalue weighted by Gasteiger charge is -2.34. The molecular weight excluding hydrogens is 344 g/mol. The van der Waals surface area contributed by atoms with Crippen LogP contribution >= 0.6 is 0 Å². The second-order valence-corrected chi connectivity index (χ2v) is 9.51. The highest BCUT2D eigenvalue weighted by Gasteiger charge is 2.60. The Balaban J connectivity index is 1.33. The van der Waals surface area contributed by atoms with Crippen molar-refractivity contribution in [1.29, 1.82) is 0 Å². The molecule has 0 aromatic rings. The average molecular weight is 374 g/mol. The predicted molar refractivity (Wildman–Crippen MR) is 101 cm³/mol. The lowest BCUT2D eigenvalue weighted by molar-refractivity contribution is -0.131. The lowest BCUT2D eigenvalue weighted by Crippen LogP contribution is -2.44.